The van der Waals surface area contributed by atoms with Gasteiger partial charge in [0.25, 0.3) is 5.69 Å². The van der Waals surface area contributed by atoms with E-state index >= 15 is 0 Å². The van der Waals surface area contributed by atoms with Crippen LogP contribution < -0.4 is 4.72 Å². The standard InChI is InChI=1S/C13H16N2O4S/c1-3-4-5-6-9-14-20(18,19)13-10-12(15(16)17)8-7-11(13)2/h1,7-8,10,14H,4-6,9H2,2H3. The molecule has 0 aliphatic rings. The lowest BCUT2D eigenvalue weighted by molar-refractivity contribution is -0.385. The third-order valence-corrected chi connectivity index (χ3v) is 4.32. The summed E-state index contributed by atoms with van der Waals surface area (Å²) in [6, 6.07) is 3.77. The van der Waals surface area contributed by atoms with Crippen molar-refractivity contribution < 1.29 is 13.3 Å². The van der Waals surface area contributed by atoms with E-state index in [0.717, 1.165) is 12.5 Å². The Morgan fingerprint density at radius 1 is 1.40 bits per heavy atom. The molecule has 0 spiro atoms. The largest absolute Gasteiger partial charge is 0.270 e. The molecule has 0 aromatic heterocycles. The average Bonchev–Trinajstić information content (AvgIpc) is 2.38. The number of hydrogen-bond donors (Lipinski definition) is 1. The second kappa shape index (κ2) is 7.03. The molecular formula is C13H16N2O4S. The van der Waals surface area contributed by atoms with Crippen LogP contribution in [0.15, 0.2) is 23.1 Å². The van der Waals surface area contributed by atoms with Crippen molar-refractivity contribution in [2.24, 2.45) is 0 Å². The third kappa shape index (κ3) is 4.33. The zero-order chi connectivity index (χ0) is 15.2. The predicted octanol–water partition coefficient (Wildman–Crippen LogP) is 1.99. The van der Waals surface area contributed by atoms with E-state index in [0.29, 0.717) is 18.4 Å². The number of nitrogens with zero attached hydrogens (tertiary/aromatic N) is 1. The summed E-state index contributed by atoms with van der Waals surface area (Å²) in [4.78, 5) is 10.0. The number of rotatable bonds is 7. The van der Waals surface area contributed by atoms with Gasteiger partial charge in [0.1, 0.15) is 0 Å². The van der Waals surface area contributed by atoms with Crippen molar-refractivity contribution in [3.8, 4) is 12.3 Å². The summed E-state index contributed by atoms with van der Waals surface area (Å²) >= 11 is 0. The van der Waals surface area contributed by atoms with Crippen molar-refractivity contribution in [3.63, 3.8) is 0 Å². The number of nitrogens with one attached hydrogen (secondary N) is 1. The number of hydrogen-bond acceptors (Lipinski definition) is 4. The highest BCUT2D eigenvalue weighted by molar-refractivity contribution is 7.89. The second-order valence-electron chi connectivity index (χ2n) is 4.27. The van der Waals surface area contributed by atoms with Crippen LogP contribution in [0, 0.1) is 29.4 Å². The Morgan fingerprint density at radius 2 is 2.10 bits per heavy atom. The van der Waals surface area contributed by atoms with Crippen LogP contribution in [0.1, 0.15) is 24.8 Å². The van der Waals surface area contributed by atoms with Crippen molar-refractivity contribution >= 4 is 15.7 Å². The molecule has 1 rings (SSSR count). The average molecular weight is 296 g/mol. The van der Waals surface area contributed by atoms with Gasteiger partial charge in [-0.3, -0.25) is 10.1 Å². The number of sulfonamides is 1. The minimum Gasteiger partial charge on any atom is -0.258 e. The molecule has 0 heterocycles. The minimum atomic E-state index is -3.74. The number of non-ortho nitro benzene ring substituents is 1. The molecule has 108 valence electrons. The van der Waals surface area contributed by atoms with Crippen LogP contribution in [0.4, 0.5) is 5.69 Å². The molecule has 0 aliphatic carbocycles. The Balaban J connectivity index is 2.84. The number of aryl methyl sites for hydroxylation is 1. The van der Waals surface area contributed by atoms with Gasteiger partial charge in [0.15, 0.2) is 0 Å². The van der Waals surface area contributed by atoms with Gasteiger partial charge in [0, 0.05) is 25.1 Å². The Morgan fingerprint density at radius 3 is 2.70 bits per heavy atom. The quantitative estimate of drug-likeness (QED) is 0.360. The number of nitro groups is 1. The molecule has 0 radical (unpaired) electrons. The molecule has 1 aromatic carbocycles. The summed E-state index contributed by atoms with van der Waals surface area (Å²) in [6.45, 7) is 1.85. The first-order chi connectivity index (χ1) is 9.38. The first kappa shape index (κ1) is 16.1. The van der Waals surface area contributed by atoms with Crippen molar-refractivity contribution in [3.05, 3.63) is 33.9 Å². The summed E-state index contributed by atoms with van der Waals surface area (Å²) in [6.07, 6.45) is 7.05. The fraction of sp³-hybridized carbons (Fsp3) is 0.385. The molecule has 0 amide bonds. The summed E-state index contributed by atoms with van der Waals surface area (Å²) in [7, 11) is -3.74. The number of unbranched alkanes of at least 4 members (excludes halogenated alkanes) is 2. The van der Waals surface area contributed by atoms with Crippen molar-refractivity contribution in [1.82, 2.24) is 4.72 Å². The van der Waals surface area contributed by atoms with Gasteiger partial charge in [-0.2, -0.15) is 0 Å². The lowest BCUT2D eigenvalue weighted by Gasteiger charge is -2.08. The molecular weight excluding hydrogens is 280 g/mol. The van der Waals surface area contributed by atoms with Gasteiger partial charge in [-0.1, -0.05) is 6.07 Å². The lowest BCUT2D eigenvalue weighted by atomic mass is 10.2. The summed E-state index contributed by atoms with van der Waals surface area (Å²) in [5, 5.41) is 10.7. The van der Waals surface area contributed by atoms with E-state index in [-0.39, 0.29) is 17.1 Å². The van der Waals surface area contributed by atoms with E-state index in [4.69, 9.17) is 6.42 Å². The van der Waals surface area contributed by atoms with E-state index in [1.807, 2.05) is 0 Å². The molecule has 6 nitrogen and oxygen atoms in total. The lowest BCUT2D eigenvalue weighted by Crippen LogP contribution is -2.25. The zero-order valence-corrected chi connectivity index (χ0v) is 11.9. The maximum atomic E-state index is 12.1. The number of benzene rings is 1. The molecule has 20 heavy (non-hydrogen) atoms. The highest BCUT2D eigenvalue weighted by Crippen LogP contribution is 2.21. The molecule has 0 bridgehead atoms. The van der Waals surface area contributed by atoms with E-state index < -0.39 is 14.9 Å². The Kier molecular flexibility index (Phi) is 5.67. The third-order valence-electron chi connectivity index (χ3n) is 2.71. The van der Waals surface area contributed by atoms with Crippen LogP contribution in [0.5, 0.6) is 0 Å². The van der Waals surface area contributed by atoms with Crippen LogP contribution in [-0.2, 0) is 10.0 Å². The summed E-state index contributed by atoms with van der Waals surface area (Å²) < 4.78 is 26.6. The molecule has 7 heteroatoms. The Hall–Kier alpha value is -1.91. The highest BCUT2D eigenvalue weighted by Gasteiger charge is 2.19. The molecule has 0 aliphatic heterocycles. The molecule has 1 aromatic rings. The van der Waals surface area contributed by atoms with Crippen LogP contribution in [0.3, 0.4) is 0 Å². The molecule has 0 saturated heterocycles. The fourth-order valence-corrected chi connectivity index (χ4v) is 2.96. The maximum absolute atomic E-state index is 12.1. The first-order valence-electron chi connectivity index (χ1n) is 6.06. The smallest absolute Gasteiger partial charge is 0.258 e. The van der Waals surface area contributed by atoms with E-state index in [2.05, 4.69) is 10.6 Å². The molecule has 0 atom stereocenters. The SMILES string of the molecule is C#CCCCCNS(=O)(=O)c1cc([N+](=O)[O-])ccc1C. The molecule has 1 N–H and O–H groups in total. The van der Waals surface area contributed by atoms with Crippen LogP contribution in [0.25, 0.3) is 0 Å². The van der Waals surface area contributed by atoms with Gasteiger partial charge in [0.2, 0.25) is 10.0 Å². The van der Waals surface area contributed by atoms with Crippen molar-refractivity contribution in [1.29, 1.82) is 0 Å². The maximum Gasteiger partial charge on any atom is 0.270 e. The first-order valence-corrected chi connectivity index (χ1v) is 7.55. The summed E-state index contributed by atoms with van der Waals surface area (Å²) in [5.74, 6) is 2.47. The van der Waals surface area contributed by atoms with E-state index in [1.165, 1.54) is 12.1 Å². The predicted molar refractivity (Wildman–Crippen MR) is 75.7 cm³/mol. The van der Waals surface area contributed by atoms with Crippen LogP contribution in [-0.4, -0.2) is 19.9 Å². The van der Waals surface area contributed by atoms with Gasteiger partial charge in [0.05, 0.1) is 9.82 Å². The van der Waals surface area contributed by atoms with Gasteiger partial charge < -0.3 is 0 Å². The van der Waals surface area contributed by atoms with Crippen LogP contribution >= 0.6 is 0 Å². The Bertz CT molecular complexity index is 632. The van der Waals surface area contributed by atoms with Gasteiger partial charge in [-0.05, 0) is 25.3 Å². The molecule has 0 fully saturated rings. The van der Waals surface area contributed by atoms with Crippen molar-refractivity contribution in [2.75, 3.05) is 6.54 Å². The second-order valence-corrected chi connectivity index (χ2v) is 6.00. The monoisotopic (exact) mass is 296 g/mol. The van der Waals surface area contributed by atoms with E-state index in [1.54, 1.807) is 6.92 Å². The Labute approximate surface area is 118 Å². The number of nitro benzene ring substituents is 1. The van der Waals surface area contributed by atoms with E-state index in [9.17, 15) is 18.5 Å². The minimum absolute atomic E-state index is 0.0661. The molecule has 0 unspecified atom stereocenters. The van der Waals surface area contributed by atoms with Gasteiger partial charge in [-0.25, -0.2) is 13.1 Å². The molecule has 0 saturated carbocycles. The zero-order valence-electron chi connectivity index (χ0n) is 11.1. The van der Waals surface area contributed by atoms with Gasteiger partial charge in [-0.15, -0.1) is 12.3 Å². The number of terminal acetylenes is 1. The van der Waals surface area contributed by atoms with Gasteiger partial charge >= 0.3 is 0 Å². The summed E-state index contributed by atoms with van der Waals surface area (Å²) in [5.41, 5.74) is 0.218. The van der Waals surface area contributed by atoms with Crippen molar-refractivity contribution in [2.45, 2.75) is 31.1 Å². The highest BCUT2D eigenvalue weighted by atomic mass is 32.2. The van der Waals surface area contributed by atoms with Crippen LogP contribution in [0.2, 0.25) is 0 Å². The topological polar surface area (TPSA) is 89.3 Å². The fourth-order valence-electron chi connectivity index (χ4n) is 1.63. The normalized spacial score (nSPS) is 11.0.